The maximum Gasteiger partial charge on any atom is 0.127 e. The third-order valence-electron chi connectivity index (χ3n) is 3.35. The molecule has 0 amide bonds. The Hall–Kier alpha value is -1.74. The van der Waals surface area contributed by atoms with Crippen molar-refractivity contribution >= 4 is 0 Å². The van der Waals surface area contributed by atoms with Gasteiger partial charge in [0, 0.05) is 30.0 Å². The Morgan fingerprint density at radius 3 is 2.47 bits per heavy atom. The van der Waals surface area contributed by atoms with Crippen molar-refractivity contribution in [3.63, 3.8) is 0 Å². The zero-order chi connectivity index (χ0) is 13.7. The van der Waals surface area contributed by atoms with E-state index in [-0.39, 0.29) is 17.9 Å². The summed E-state index contributed by atoms with van der Waals surface area (Å²) >= 11 is 0. The third kappa shape index (κ3) is 3.38. The molecule has 3 heteroatoms. The fourth-order valence-electron chi connectivity index (χ4n) is 2.24. The number of aromatic nitrogens is 1. The van der Waals surface area contributed by atoms with Crippen LogP contribution < -0.4 is 5.32 Å². The summed E-state index contributed by atoms with van der Waals surface area (Å²) < 4.78 is 13.8. The Bertz CT molecular complexity index is 513. The molecule has 2 atom stereocenters. The molecule has 100 valence electrons. The fraction of sp³-hybridized carbons (Fsp3) is 0.312. The van der Waals surface area contributed by atoms with Gasteiger partial charge in [-0.1, -0.05) is 25.1 Å². The van der Waals surface area contributed by atoms with Crippen LogP contribution in [0.4, 0.5) is 4.39 Å². The molecule has 0 saturated heterocycles. The van der Waals surface area contributed by atoms with E-state index in [2.05, 4.69) is 24.1 Å². The van der Waals surface area contributed by atoms with Crippen LogP contribution in [-0.4, -0.2) is 4.98 Å². The van der Waals surface area contributed by atoms with Crippen molar-refractivity contribution in [1.82, 2.24) is 10.3 Å². The lowest BCUT2D eigenvalue weighted by atomic mass is 10.0. The molecule has 0 fully saturated rings. The molecule has 2 nitrogen and oxygen atoms in total. The third-order valence-corrected chi connectivity index (χ3v) is 3.35. The van der Waals surface area contributed by atoms with E-state index in [1.807, 2.05) is 24.3 Å². The van der Waals surface area contributed by atoms with E-state index in [1.54, 1.807) is 18.5 Å². The molecule has 1 aromatic carbocycles. The molecule has 0 spiro atoms. The molecule has 1 aromatic heterocycles. The predicted molar refractivity (Wildman–Crippen MR) is 75.2 cm³/mol. The Morgan fingerprint density at radius 2 is 1.84 bits per heavy atom. The molecule has 0 radical (unpaired) electrons. The minimum atomic E-state index is -0.149. The maximum atomic E-state index is 13.8. The van der Waals surface area contributed by atoms with Crippen LogP contribution in [0.2, 0.25) is 0 Å². The molecule has 0 saturated carbocycles. The van der Waals surface area contributed by atoms with Crippen LogP contribution in [0.1, 0.15) is 43.5 Å². The molecule has 0 aliphatic rings. The summed E-state index contributed by atoms with van der Waals surface area (Å²) in [5.74, 6) is -0.149. The number of nitrogens with one attached hydrogen (secondary N) is 1. The minimum absolute atomic E-state index is 0.0179. The molecule has 2 rings (SSSR count). The lowest BCUT2D eigenvalue weighted by molar-refractivity contribution is 0.439. The summed E-state index contributed by atoms with van der Waals surface area (Å²) in [7, 11) is 0. The van der Waals surface area contributed by atoms with Gasteiger partial charge in [0.25, 0.3) is 0 Å². The number of pyridine rings is 1. The van der Waals surface area contributed by atoms with E-state index < -0.39 is 0 Å². The standard InChI is InChI=1S/C16H19FN2/c1-3-16(14-6-4-5-7-15(14)17)19-12(2)13-8-10-18-11-9-13/h4-12,16,19H,3H2,1-2H3. The Morgan fingerprint density at radius 1 is 1.16 bits per heavy atom. The van der Waals surface area contributed by atoms with Crippen molar-refractivity contribution in [2.45, 2.75) is 32.4 Å². The van der Waals surface area contributed by atoms with Crippen LogP contribution in [0.5, 0.6) is 0 Å². The van der Waals surface area contributed by atoms with Crippen LogP contribution in [0.15, 0.2) is 48.8 Å². The van der Waals surface area contributed by atoms with Gasteiger partial charge < -0.3 is 5.32 Å². The van der Waals surface area contributed by atoms with Crippen molar-refractivity contribution in [3.8, 4) is 0 Å². The van der Waals surface area contributed by atoms with Gasteiger partial charge in [0.1, 0.15) is 5.82 Å². The molecule has 0 bridgehead atoms. The molecule has 2 aromatic rings. The first-order chi connectivity index (χ1) is 9.22. The van der Waals surface area contributed by atoms with Crippen molar-refractivity contribution in [2.24, 2.45) is 0 Å². The average Bonchev–Trinajstić information content (AvgIpc) is 2.46. The van der Waals surface area contributed by atoms with Crippen LogP contribution in [-0.2, 0) is 0 Å². The summed E-state index contributed by atoms with van der Waals surface area (Å²) in [5, 5.41) is 3.47. The summed E-state index contributed by atoms with van der Waals surface area (Å²) in [6, 6.07) is 11.1. The first-order valence-electron chi connectivity index (χ1n) is 6.62. The van der Waals surface area contributed by atoms with Gasteiger partial charge in [0.15, 0.2) is 0 Å². The highest BCUT2D eigenvalue weighted by molar-refractivity contribution is 5.22. The van der Waals surface area contributed by atoms with E-state index in [0.717, 1.165) is 17.5 Å². The first-order valence-corrected chi connectivity index (χ1v) is 6.62. The van der Waals surface area contributed by atoms with Crippen LogP contribution >= 0.6 is 0 Å². The monoisotopic (exact) mass is 258 g/mol. The van der Waals surface area contributed by atoms with Crippen molar-refractivity contribution in [2.75, 3.05) is 0 Å². The average molecular weight is 258 g/mol. The summed E-state index contributed by atoms with van der Waals surface area (Å²) in [6.45, 7) is 4.14. The van der Waals surface area contributed by atoms with Crippen LogP contribution in [0.3, 0.4) is 0 Å². The second-order valence-corrected chi connectivity index (χ2v) is 4.65. The van der Waals surface area contributed by atoms with Gasteiger partial charge in [-0.3, -0.25) is 4.98 Å². The largest absolute Gasteiger partial charge is 0.303 e. The van der Waals surface area contributed by atoms with Gasteiger partial charge in [0.05, 0.1) is 0 Å². The normalized spacial score (nSPS) is 14.1. The van der Waals surface area contributed by atoms with E-state index in [9.17, 15) is 4.39 Å². The van der Waals surface area contributed by atoms with Gasteiger partial charge in [-0.2, -0.15) is 0 Å². The molecule has 1 N–H and O–H groups in total. The summed E-state index contributed by atoms with van der Waals surface area (Å²) in [6.07, 6.45) is 4.39. The quantitative estimate of drug-likeness (QED) is 0.876. The van der Waals surface area contributed by atoms with Gasteiger partial charge in [-0.15, -0.1) is 0 Å². The van der Waals surface area contributed by atoms with Gasteiger partial charge in [0.2, 0.25) is 0 Å². The van der Waals surface area contributed by atoms with E-state index in [4.69, 9.17) is 0 Å². The van der Waals surface area contributed by atoms with Crippen LogP contribution in [0.25, 0.3) is 0 Å². The zero-order valence-electron chi connectivity index (χ0n) is 11.3. The maximum absolute atomic E-state index is 13.8. The topological polar surface area (TPSA) is 24.9 Å². The van der Waals surface area contributed by atoms with E-state index >= 15 is 0 Å². The van der Waals surface area contributed by atoms with Gasteiger partial charge in [-0.25, -0.2) is 4.39 Å². The molecular weight excluding hydrogens is 239 g/mol. The van der Waals surface area contributed by atoms with Gasteiger partial charge in [-0.05, 0) is 37.1 Å². The molecular formula is C16H19FN2. The second kappa shape index (κ2) is 6.43. The number of hydrogen-bond acceptors (Lipinski definition) is 2. The number of nitrogens with zero attached hydrogens (tertiary/aromatic N) is 1. The lowest BCUT2D eigenvalue weighted by Crippen LogP contribution is -2.25. The fourth-order valence-corrected chi connectivity index (χ4v) is 2.24. The summed E-state index contributed by atoms with van der Waals surface area (Å²) in [5.41, 5.74) is 1.88. The second-order valence-electron chi connectivity index (χ2n) is 4.65. The van der Waals surface area contributed by atoms with Crippen LogP contribution in [0, 0.1) is 5.82 Å². The molecule has 19 heavy (non-hydrogen) atoms. The van der Waals surface area contributed by atoms with Gasteiger partial charge >= 0.3 is 0 Å². The molecule has 0 aliphatic carbocycles. The Balaban J connectivity index is 2.14. The number of rotatable bonds is 5. The Kier molecular flexibility index (Phi) is 4.63. The Labute approximate surface area is 113 Å². The lowest BCUT2D eigenvalue weighted by Gasteiger charge is -2.23. The number of benzene rings is 1. The predicted octanol–water partition coefficient (Wildman–Crippen LogP) is 4.02. The highest BCUT2D eigenvalue weighted by Crippen LogP contribution is 2.23. The first kappa shape index (κ1) is 13.7. The molecule has 1 heterocycles. The number of halogens is 1. The SMILES string of the molecule is CCC(NC(C)c1ccncc1)c1ccccc1F. The van der Waals surface area contributed by atoms with Crippen molar-refractivity contribution in [3.05, 3.63) is 65.7 Å². The summed E-state index contributed by atoms with van der Waals surface area (Å²) in [4.78, 5) is 4.01. The number of hydrogen-bond donors (Lipinski definition) is 1. The molecule has 0 aliphatic heterocycles. The van der Waals surface area contributed by atoms with E-state index in [0.29, 0.717) is 0 Å². The smallest absolute Gasteiger partial charge is 0.127 e. The van der Waals surface area contributed by atoms with Crippen molar-refractivity contribution in [1.29, 1.82) is 0 Å². The molecule has 2 unspecified atom stereocenters. The highest BCUT2D eigenvalue weighted by Gasteiger charge is 2.16. The van der Waals surface area contributed by atoms with E-state index in [1.165, 1.54) is 6.07 Å². The highest BCUT2D eigenvalue weighted by atomic mass is 19.1. The van der Waals surface area contributed by atoms with Crippen molar-refractivity contribution < 1.29 is 4.39 Å². The minimum Gasteiger partial charge on any atom is -0.303 e. The zero-order valence-corrected chi connectivity index (χ0v) is 11.3.